The Kier molecular flexibility index (Phi) is 12.1. The molecule has 0 aromatic heterocycles. The maximum Gasteiger partial charge on any atom is 0.264 e. The van der Waals surface area contributed by atoms with Gasteiger partial charge in [-0.1, -0.05) is 84.8 Å². The zero-order valence-electron chi connectivity index (χ0n) is 27.1. The monoisotopic (exact) mass is 657 g/mol. The Morgan fingerprint density at radius 2 is 1.48 bits per heavy atom. The summed E-state index contributed by atoms with van der Waals surface area (Å²) in [6.07, 6.45) is 2.92. The summed E-state index contributed by atoms with van der Waals surface area (Å²) in [5.41, 5.74) is 4.09. The minimum atomic E-state index is -4.15. The van der Waals surface area contributed by atoms with Gasteiger partial charge in [-0.05, 0) is 81.0 Å². The predicted molar refractivity (Wildman–Crippen MR) is 187 cm³/mol. The topological polar surface area (TPSA) is 86.8 Å². The van der Waals surface area contributed by atoms with Crippen LogP contribution in [0.15, 0.2) is 113 Å². The van der Waals surface area contributed by atoms with Gasteiger partial charge >= 0.3 is 0 Å². The molecule has 0 saturated heterocycles. The molecule has 2 unspecified atom stereocenters. The summed E-state index contributed by atoms with van der Waals surface area (Å²) in [7, 11) is -4.15. The maximum absolute atomic E-state index is 14.6. The highest BCUT2D eigenvalue weighted by Crippen LogP contribution is 2.27. The fraction of sp³-hybridized carbons (Fsp3) is 0.297. The Morgan fingerprint density at radius 1 is 0.826 bits per heavy atom. The maximum atomic E-state index is 14.6. The number of carbonyl (C=O) groups excluding carboxylic acids is 2. The smallest absolute Gasteiger partial charge is 0.264 e. The number of sulfonamides is 1. The van der Waals surface area contributed by atoms with Crippen LogP contribution in [0.1, 0.15) is 42.5 Å². The third-order valence-corrected chi connectivity index (χ3v) is 10.5. The number of thioether (sulfide) groups is 1. The number of amides is 2. The Labute approximate surface area is 278 Å². The Balaban J connectivity index is 1.80. The number of hydrogen-bond donors (Lipinski definition) is 1. The lowest BCUT2D eigenvalue weighted by Gasteiger charge is -2.34. The Hall–Kier alpha value is -4.08. The molecule has 0 heterocycles. The van der Waals surface area contributed by atoms with Crippen molar-refractivity contribution < 1.29 is 18.0 Å². The minimum Gasteiger partial charge on any atom is -0.352 e. The highest BCUT2D eigenvalue weighted by Gasteiger charge is 2.35. The largest absolute Gasteiger partial charge is 0.352 e. The number of benzene rings is 4. The van der Waals surface area contributed by atoms with Crippen LogP contribution in [0.2, 0.25) is 0 Å². The van der Waals surface area contributed by atoms with Gasteiger partial charge in [0.25, 0.3) is 10.0 Å². The first kappa shape index (κ1) is 34.8. The lowest BCUT2D eigenvalue weighted by Crippen LogP contribution is -2.54. The van der Waals surface area contributed by atoms with E-state index in [9.17, 15) is 18.0 Å². The number of hydrogen-bond acceptors (Lipinski definition) is 5. The highest BCUT2D eigenvalue weighted by molar-refractivity contribution is 7.98. The van der Waals surface area contributed by atoms with Crippen molar-refractivity contribution in [2.24, 2.45) is 0 Å². The van der Waals surface area contributed by atoms with Crippen molar-refractivity contribution in [2.75, 3.05) is 17.1 Å². The van der Waals surface area contributed by atoms with Crippen LogP contribution in [-0.4, -0.2) is 50.0 Å². The number of nitrogens with zero attached hydrogens (tertiary/aromatic N) is 2. The first-order valence-electron chi connectivity index (χ1n) is 15.4. The van der Waals surface area contributed by atoms with E-state index in [0.717, 1.165) is 37.9 Å². The van der Waals surface area contributed by atoms with Crippen LogP contribution in [-0.2, 0) is 32.6 Å². The third-order valence-electron chi connectivity index (χ3n) is 7.96. The lowest BCUT2D eigenvalue weighted by atomic mass is 10.0. The van der Waals surface area contributed by atoms with E-state index in [2.05, 4.69) is 5.32 Å². The number of nitrogens with one attached hydrogen (secondary N) is 1. The van der Waals surface area contributed by atoms with Gasteiger partial charge in [0.15, 0.2) is 0 Å². The summed E-state index contributed by atoms with van der Waals surface area (Å²) < 4.78 is 29.6. The van der Waals surface area contributed by atoms with E-state index in [1.807, 2.05) is 101 Å². The molecule has 7 nitrogen and oxygen atoms in total. The van der Waals surface area contributed by atoms with Gasteiger partial charge in [0.1, 0.15) is 12.6 Å². The van der Waals surface area contributed by atoms with Crippen molar-refractivity contribution in [3.05, 3.63) is 125 Å². The molecular weight excluding hydrogens is 615 g/mol. The lowest BCUT2D eigenvalue weighted by molar-refractivity contribution is -0.140. The molecule has 2 atom stereocenters. The van der Waals surface area contributed by atoms with Crippen LogP contribution >= 0.6 is 11.8 Å². The molecule has 0 radical (unpaired) electrons. The second kappa shape index (κ2) is 16.0. The molecule has 0 bridgehead atoms. The van der Waals surface area contributed by atoms with E-state index in [1.165, 1.54) is 16.7 Å². The summed E-state index contributed by atoms with van der Waals surface area (Å²) >= 11 is 1.52. The van der Waals surface area contributed by atoms with Gasteiger partial charge < -0.3 is 10.2 Å². The zero-order chi connectivity index (χ0) is 33.3. The fourth-order valence-corrected chi connectivity index (χ4v) is 6.94. The zero-order valence-corrected chi connectivity index (χ0v) is 28.8. The first-order valence-corrected chi connectivity index (χ1v) is 18.1. The standard InChI is InChI=1S/C37H43N3O4S2/c1-6-29(4)38-37(42)35(24-30-12-8-7-9-13-30)39(25-31-14-10-11-28(3)23-31)36(41)26-40(32-17-15-27(2)16-18-32)46(43,44)34-21-19-33(45-5)20-22-34/h7-23,29,35H,6,24-26H2,1-5H3,(H,38,42). The van der Waals surface area contributed by atoms with Gasteiger partial charge in [0.2, 0.25) is 11.8 Å². The van der Waals surface area contributed by atoms with E-state index in [-0.39, 0.29) is 29.8 Å². The van der Waals surface area contributed by atoms with Crippen LogP contribution < -0.4 is 9.62 Å². The number of anilines is 1. The molecule has 46 heavy (non-hydrogen) atoms. The van der Waals surface area contributed by atoms with Crippen molar-refractivity contribution in [1.82, 2.24) is 10.2 Å². The number of aryl methyl sites for hydroxylation is 2. The van der Waals surface area contributed by atoms with E-state index < -0.39 is 28.5 Å². The number of rotatable bonds is 14. The van der Waals surface area contributed by atoms with Crippen LogP contribution in [0.5, 0.6) is 0 Å². The van der Waals surface area contributed by atoms with Crippen LogP contribution in [0.4, 0.5) is 5.69 Å². The summed E-state index contributed by atoms with van der Waals surface area (Å²) in [6, 6.07) is 30.1. The fourth-order valence-electron chi connectivity index (χ4n) is 5.12. The molecule has 0 aliphatic carbocycles. The SMILES string of the molecule is CCC(C)NC(=O)C(Cc1ccccc1)N(Cc1cccc(C)c1)C(=O)CN(c1ccc(C)cc1)S(=O)(=O)c1ccc(SC)cc1. The van der Waals surface area contributed by atoms with Crippen molar-refractivity contribution in [2.45, 2.75) is 69.0 Å². The summed E-state index contributed by atoms with van der Waals surface area (Å²) in [4.78, 5) is 31.1. The van der Waals surface area contributed by atoms with E-state index >= 15 is 0 Å². The van der Waals surface area contributed by atoms with E-state index in [0.29, 0.717) is 5.69 Å². The summed E-state index contributed by atoms with van der Waals surface area (Å²) in [5, 5.41) is 3.07. The Morgan fingerprint density at radius 3 is 2.09 bits per heavy atom. The molecule has 9 heteroatoms. The molecule has 0 saturated carbocycles. The number of carbonyl (C=O) groups is 2. The van der Waals surface area contributed by atoms with Crippen LogP contribution in [0.25, 0.3) is 0 Å². The quantitative estimate of drug-likeness (QED) is 0.151. The third kappa shape index (κ3) is 9.01. The first-order chi connectivity index (χ1) is 22.0. The molecule has 242 valence electrons. The second-order valence-electron chi connectivity index (χ2n) is 11.6. The van der Waals surface area contributed by atoms with Gasteiger partial charge in [-0.25, -0.2) is 8.42 Å². The molecule has 2 amide bonds. The highest BCUT2D eigenvalue weighted by atomic mass is 32.2. The average Bonchev–Trinajstić information content (AvgIpc) is 3.06. The van der Waals surface area contributed by atoms with Crippen molar-refractivity contribution >= 4 is 39.3 Å². The molecule has 0 aliphatic rings. The molecular formula is C37H43N3O4S2. The molecule has 0 spiro atoms. The molecule has 4 aromatic carbocycles. The van der Waals surface area contributed by atoms with Gasteiger partial charge in [0.05, 0.1) is 10.6 Å². The van der Waals surface area contributed by atoms with Crippen LogP contribution in [0.3, 0.4) is 0 Å². The molecule has 0 fully saturated rings. The van der Waals surface area contributed by atoms with Gasteiger partial charge in [0, 0.05) is 23.9 Å². The summed E-state index contributed by atoms with van der Waals surface area (Å²) in [6.45, 7) is 7.46. The van der Waals surface area contributed by atoms with Crippen molar-refractivity contribution in [3.63, 3.8) is 0 Å². The second-order valence-corrected chi connectivity index (χ2v) is 14.3. The normalized spacial score (nSPS) is 12.6. The van der Waals surface area contributed by atoms with Gasteiger partial charge in [-0.15, -0.1) is 11.8 Å². The van der Waals surface area contributed by atoms with E-state index in [4.69, 9.17) is 0 Å². The molecule has 1 N–H and O–H groups in total. The van der Waals surface area contributed by atoms with Gasteiger partial charge in [-0.2, -0.15) is 0 Å². The predicted octanol–water partition coefficient (Wildman–Crippen LogP) is 6.78. The minimum absolute atomic E-state index is 0.0826. The average molecular weight is 658 g/mol. The van der Waals surface area contributed by atoms with E-state index in [1.54, 1.807) is 36.4 Å². The van der Waals surface area contributed by atoms with Gasteiger partial charge in [-0.3, -0.25) is 13.9 Å². The van der Waals surface area contributed by atoms with Crippen molar-refractivity contribution in [3.8, 4) is 0 Å². The molecule has 0 aliphatic heterocycles. The Bertz CT molecular complexity index is 1710. The van der Waals surface area contributed by atoms with Crippen LogP contribution in [0, 0.1) is 13.8 Å². The summed E-state index contributed by atoms with van der Waals surface area (Å²) in [5.74, 6) is -0.761. The molecule has 4 rings (SSSR count). The molecule has 4 aromatic rings. The van der Waals surface area contributed by atoms with Crippen molar-refractivity contribution in [1.29, 1.82) is 0 Å².